The Kier molecular flexibility index (Phi) is 5.91. The Balaban J connectivity index is 1.77. The van der Waals surface area contributed by atoms with Crippen LogP contribution in [-0.2, 0) is 10.2 Å². The first kappa shape index (κ1) is 22.2. The van der Waals surface area contributed by atoms with Crippen LogP contribution in [0.2, 0.25) is 0 Å². The monoisotopic (exact) mass is 447 g/mol. The molecule has 2 N–H and O–H groups in total. The molecule has 1 aromatic carbocycles. The highest BCUT2D eigenvalue weighted by Crippen LogP contribution is 2.30. The summed E-state index contributed by atoms with van der Waals surface area (Å²) in [5, 5.41) is 3.95. The number of nitrogens with zero attached hydrogens (tertiary/aromatic N) is 1. The molecule has 0 aliphatic carbocycles. The summed E-state index contributed by atoms with van der Waals surface area (Å²) in [5.74, 6) is 0.0635. The highest BCUT2D eigenvalue weighted by atomic mass is 32.1. The van der Waals surface area contributed by atoms with Gasteiger partial charge < -0.3 is 10.3 Å². The second kappa shape index (κ2) is 8.51. The van der Waals surface area contributed by atoms with Crippen molar-refractivity contribution in [3.8, 4) is 10.4 Å². The molecule has 1 aliphatic rings. The normalized spacial score (nSPS) is 17.0. The van der Waals surface area contributed by atoms with Crippen LogP contribution in [0, 0.1) is 13.8 Å². The fourth-order valence-corrected chi connectivity index (χ4v) is 4.99. The van der Waals surface area contributed by atoms with Crippen molar-refractivity contribution in [3.63, 3.8) is 0 Å². The molecule has 0 radical (unpaired) electrons. The number of nitrogens with one attached hydrogen (secondary N) is 2. The van der Waals surface area contributed by atoms with E-state index in [0.29, 0.717) is 12.0 Å². The molecule has 3 aromatic rings. The van der Waals surface area contributed by atoms with Crippen LogP contribution in [0.1, 0.15) is 61.1 Å². The van der Waals surface area contributed by atoms with Gasteiger partial charge in [0.25, 0.3) is 5.56 Å². The predicted molar refractivity (Wildman–Crippen MR) is 131 cm³/mol. The molecule has 1 aliphatic heterocycles. The topological polar surface area (TPSA) is 74.8 Å². The van der Waals surface area contributed by atoms with Crippen molar-refractivity contribution in [1.82, 2.24) is 15.3 Å². The Hall–Kier alpha value is -2.99. The summed E-state index contributed by atoms with van der Waals surface area (Å²) in [4.78, 5) is 33.2. The van der Waals surface area contributed by atoms with Gasteiger partial charge in [0.15, 0.2) is 0 Å². The van der Waals surface area contributed by atoms with E-state index in [-0.39, 0.29) is 22.9 Å². The summed E-state index contributed by atoms with van der Waals surface area (Å²) >= 11 is 1.53. The van der Waals surface area contributed by atoms with Crippen LogP contribution in [0.15, 0.2) is 47.3 Å². The van der Waals surface area contributed by atoms with Crippen molar-refractivity contribution in [2.24, 2.45) is 0 Å². The van der Waals surface area contributed by atoms with E-state index in [1.807, 2.05) is 26.0 Å². The molecular formula is C26H29N3O2S. The van der Waals surface area contributed by atoms with E-state index in [1.165, 1.54) is 16.9 Å². The van der Waals surface area contributed by atoms with E-state index in [2.05, 4.69) is 66.4 Å². The van der Waals surface area contributed by atoms with Gasteiger partial charge in [0.05, 0.1) is 21.1 Å². The van der Waals surface area contributed by atoms with E-state index < -0.39 is 0 Å². The fraction of sp³-hybridized carbons (Fsp3) is 0.346. The third-order valence-electron chi connectivity index (χ3n) is 5.81. The van der Waals surface area contributed by atoms with Crippen LogP contribution in [-0.4, -0.2) is 21.9 Å². The Morgan fingerprint density at radius 1 is 1.09 bits per heavy atom. The van der Waals surface area contributed by atoms with Crippen molar-refractivity contribution in [2.45, 2.75) is 58.9 Å². The summed E-state index contributed by atoms with van der Waals surface area (Å²) in [6.07, 6.45) is 3.34. The maximum absolute atomic E-state index is 13.0. The SMILES string of the molecule is Cc1nc(C)c(-c2ccc(/C(=C/[C@H]3CCC(=O)N3)c3ccc(C(C)(C)C)cc3)[nH]c2=O)s1. The average molecular weight is 448 g/mol. The van der Waals surface area contributed by atoms with Crippen LogP contribution in [0.25, 0.3) is 16.0 Å². The number of carbonyl (C=O) groups is 1. The molecule has 1 fully saturated rings. The molecule has 0 bridgehead atoms. The number of pyridine rings is 1. The van der Waals surface area contributed by atoms with Gasteiger partial charge in [-0.25, -0.2) is 4.98 Å². The van der Waals surface area contributed by atoms with Gasteiger partial charge in [0.1, 0.15) is 0 Å². The van der Waals surface area contributed by atoms with E-state index in [9.17, 15) is 9.59 Å². The van der Waals surface area contributed by atoms with Crippen molar-refractivity contribution >= 4 is 22.8 Å². The van der Waals surface area contributed by atoms with Crippen molar-refractivity contribution in [1.29, 1.82) is 0 Å². The summed E-state index contributed by atoms with van der Waals surface area (Å²) in [6, 6.07) is 12.2. The third kappa shape index (κ3) is 4.60. The summed E-state index contributed by atoms with van der Waals surface area (Å²) < 4.78 is 0. The van der Waals surface area contributed by atoms with Gasteiger partial charge >= 0.3 is 0 Å². The fourth-order valence-electron chi connectivity index (χ4n) is 4.05. The first-order valence-electron chi connectivity index (χ1n) is 10.9. The number of H-pyrrole nitrogens is 1. The number of aromatic nitrogens is 2. The van der Waals surface area contributed by atoms with Gasteiger partial charge in [-0.1, -0.05) is 51.1 Å². The Morgan fingerprint density at radius 2 is 1.81 bits per heavy atom. The lowest BCUT2D eigenvalue weighted by Crippen LogP contribution is -2.23. The molecule has 5 nitrogen and oxygen atoms in total. The quantitative estimate of drug-likeness (QED) is 0.583. The number of aryl methyl sites for hydroxylation is 2. The Bertz CT molecular complexity index is 1240. The second-order valence-electron chi connectivity index (χ2n) is 9.38. The average Bonchev–Trinajstić information content (AvgIpc) is 3.29. The molecule has 32 heavy (non-hydrogen) atoms. The lowest BCUT2D eigenvalue weighted by molar-refractivity contribution is -0.119. The zero-order chi connectivity index (χ0) is 23.0. The number of hydrogen-bond acceptors (Lipinski definition) is 4. The second-order valence-corrected chi connectivity index (χ2v) is 10.6. The molecule has 1 atom stereocenters. The van der Waals surface area contributed by atoms with E-state index in [4.69, 9.17) is 0 Å². The van der Waals surface area contributed by atoms with E-state index in [0.717, 1.165) is 38.8 Å². The highest BCUT2D eigenvalue weighted by Gasteiger charge is 2.21. The van der Waals surface area contributed by atoms with Crippen LogP contribution < -0.4 is 10.9 Å². The smallest absolute Gasteiger partial charge is 0.257 e. The predicted octanol–water partition coefficient (Wildman–Crippen LogP) is 5.12. The number of hydrogen-bond donors (Lipinski definition) is 2. The minimum absolute atomic E-state index is 0.0469. The molecule has 0 saturated carbocycles. The summed E-state index contributed by atoms with van der Waals surface area (Å²) in [5.41, 5.74) is 5.33. The van der Waals surface area contributed by atoms with Gasteiger partial charge in [-0.2, -0.15) is 0 Å². The first-order valence-corrected chi connectivity index (χ1v) is 11.7. The number of benzene rings is 1. The third-order valence-corrected chi connectivity index (χ3v) is 6.91. The molecule has 2 aromatic heterocycles. The van der Waals surface area contributed by atoms with Crippen LogP contribution in [0.5, 0.6) is 0 Å². The lowest BCUT2D eigenvalue weighted by Gasteiger charge is -2.20. The van der Waals surface area contributed by atoms with Crippen LogP contribution in [0.4, 0.5) is 0 Å². The lowest BCUT2D eigenvalue weighted by atomic mass is 9.86. The Morgan fingerprint density at radius 3 is 2.34 bits per heavy atom. The van der Waals surface area contributed by atoms with Gasteiger partial charge in [-0.05, 0) is 48.9 Å². The number of amides is 1. The van der Waals surface area contributed by atoms with E-state index >= 15 is 0 Å². The molecule has 166 valence electrons. The number of thiazole rings is 1. The number of carbonyl (C=O) groups excluding carboxylic acids is 1. The van der Waals surface area contributed by atoms with Gasteiger partial charge in [-0.3, -0.25) is 9.59 Å². The van der Waals surface area contributed by atoms with Crippen molar-refractivity contribution in [3.05, 3.63) is 80.4 Å². The summed E-state index contributed by atoms with van der Waals surface area (Å²) in [6.45, 7) is 10.4. The molecular weight excluding hydrogens is 418 g/mol. The molecule has 4 rings (SSSR count). The Labute approximate surface area is 192 Å². The van der Waals surface area contributed by atoms with Crippen LogP contribution >= 0.6 is 11.3 Å². The first-order chi connectivity index (χ1) is 15.1. The van der Waals surface area contributed by atoms with Crippen molar-refractivity contribution < 1.29 is 4.79 Å². The van der Waals surface area contributed by atoms with Gasteiger partial charge in [0, 0.05) is 23.7 Å². The molecule has 1 saturated heterocycles. The maximum atomic E-state index is 13.0. The molecule has 6 heteroatoms. The molecule has 1 amide bonds. The van der Waals surface area contributed by atoms with Gasteiger partial charge in [0.2, 0.25) is 5.91 Å². The minimum Gasteiger partial charge on any atom is -0.350 e. The number of rotatable bonds is 4. The molecule has 0 unspecified atom stereocenters. The minimum atomic E-state index is -0.137. The van der Waals surface area contributed by atoms with Crippen LogP contribution in [0.3, 0.4) is 0 Å². The van der Waals surface area contributed by atoms with E-state index in [1.54, 1.807) is 0 Å². The van der Waals surface area contributed by atoms with Crippen molar-refractivity contribution in [2.75, 3.05) is 0 Å². The zero-order valence-corrected chi connectivity index (χ0v) is 20.0. The zero-order valence-electron chi connectivity index (χ0n) is 19.2. The number of aromatic amines is 1. The molecule has 3 heterocycles. The largest absolute Gasteiger partial charge is 0.350 e. The maximum Gasteiger partial charge on any atom is 0.257 e. The standard InChI is InChI=1S/C26H29N3O2S/c1-15-24(32-16(2)27-15)20-11-12-22(29-25(20)31)21(14-19-10-13-23(30)28-19)17-6-8-18(9-7-17)26(3,4)5/h6-9,11-12,14,19H,10,13H2,1-5H3,(H,28,30)(H,29,31)/b21-14+/t19-/m1/s1. The molecule has 0 spiro atoms. The summed E-state index contributed by atoms with van der Waals surface area (Å²) in [7, 11) is 0. The highest BCUT2D eigenvalue weighted by molar-refractivity contribution is 7.15. The van der Waals surface area contributed by atoms with Gasteiger partial charge in [-0.15, -0.1) is 11.3 Å².